The molecule has 0 aliphatic heterocycles. The highest BCUT2D eigenvalue weighted by atomic mass is 35.5. The Morgan fingerprint density at radius 1 is 1.35 bits per heavy atom. The van der Waals surface area contributed by atoms with Gasteiger partial charge in [-0.15, -0.1) is 0 Å². The van der Waals surface area contributed by atoms with E-state index in [0.29, 0.717) is 24.5 Å². The number of imidazole rings is 1. The molecular weight excluding hydrogens is 280 g/mol. The maximum Gasteiger partial charge on any atom is 0.241 e. The minimum Gasteiger partial charge on any atom is -0.395 e. The third kappa shape index (κ3) is 2.59. The van der Waals surface area contributed by atoms with Crippen LogP contribution in [0.15, 0.2) is 18.7 Å². The SMILES string of the molecule is OCCN(c1nc(Cl)nc(-n2ccnc2)n1)C1CCC1. The smallest absolute Gasteiger partial charge is 0.241 e. The molecule has 0 unspecified atom stereocenters. The Hall–Kier alpha value is -1.73. The van der Waals surface area contributed by atoms with Crippen molar-refractivity contribution >= 4 is 17.5 Å². The van der Waals surface area contributed by atoms with Crippen LogP contribution in [0.2, 0.25) is 5.28 Å². The number of aromatic nitrogens is 5. The molecule has 1 aliphatic rings. The number of nitrogens with zero attached hydrogens (tertiary/aromatic N) is 6. The minimum absolute atomic E-state index is 0.0558. The van der Waals surface area contributed by atoms with Crippen LogP contribution in [0.25, 0.3) is 5.95 Å². The Bertz CT molecular complexity index is 571. The van der Waals surface area contributed by atoms with Gasteiger partial charge in [-0.05, 0) is 30.9 Å². The van der Waals surface area contributed by atoms with E-state index in [1.807, 2.05) is 4.90 Å². The zero-order chi connectivity index (χ0) is 13.9. The molecule has 0 aromatic carbocycles. The summed E-state index contributed by atoms with van der Waals surface area (Å²) >= 11 is 5.99. The highest BCUT2D eigenvalue weighted by molar-refractivity contribution is 6.28. The normalized spacial score (nSPS) is 15.1. The van der Waals surface area contributed by atoms with E-state index in [1.54, 1.807) is 23.3 Å². The lowest BCUT2D eigenvalue weighted by molar-refractivity contribution is 0.282. The first-order valence-corrected chi connectivity index (χ1v) is 6.93. The molecule has 0 atom stereocenters. The van der Waals surface area contributed by atoms with E-state index in [2.05, 4.69) is 19.9 Å². The van der Waals surface area contributed by atoms with Gasteiger partial charge in [0.2, 0.25) is 17.2 Å². The zero-order valence-electron chi connectivity index (χ0n) is 10.9. The summed E-state index contributed by atoms with van der Waals surface area (Å²) in [5, 5.41) is 9.37. The van der Waals surface area contributed by atoms with Gasteiger partial charge in [0.15, 0.2) is 0 Å². The van der Waals surface area contributed by atoms with Gasteiger partial charge >= 0.3 is 0 Å². The molecule has 1 aliphatic carbocycles. The van der Waals surface area contributed by atoms with E-state index in [9.17, 15) is 5.11 Å². The molecular formula is C12H15ClN6O. The van der Waals surface area contributed by atoms with E-state index in [1.165, 1.54) is 6.42 Å². The van der Waals surface area contributed by atoms with Crippen LogP contribution in [-0.2, 0) is 0 Å². The first-order valence-electron chi connectivity index (χ1n) is 6.55. The van der Waals surface area contributed by atoms with Crippen molar-refractivity contribution in [3.8, 4) is 5.95 Å². The Balaban J connectivity index is 1.95. The summed E-state index contributed by atoms with van der Waals surface area (Å²) in [6.45, 7) is 0.550. The van der Waals surface area contributed by atoms with Gasteiger partial charge in [-0.3, -0.25) is 4.57 Å². The average Bonchev–Trinajstić information content (AvgIpc) is 2.89. The second-order valence-corrected chi connectivity index (χ2v) is 5.01. The summed E-state index contributed by atoms with van der Waals surface area (Å²) < 4.78 is 1.68. The quantitative estimate of drug-likeness (QED) is 0.888. The molecule has 1 saturated carbocycles. The van der Waals surface area contributed by atoms with Gasteiger partial charge in [-0.1, -0.05) is 0 Å². The number of aliphatic hydroxyl groups is 1. The van der Waals surface area contributed by atoms with Crippen LogP contribution in [0.4, 0.5) is 5.95 Å². The number of halogens is 1. The Morgan fingerprint density at radius 3 is 2.80 bits per heavy atom. The molecule has 0 radical (unpaired) electrons. The fourth-order valence-corrected chi connectivity index (χ4v) is 2.35. The summed E-state index contributed by atoms with van der Waals surface area (Å²) in [7, 11) is 0. The predicted octanol–water partition coefficient (Wildman–Crippen LogP) is 1.06. The third-order valence-corrected chi connectivity index (χ3v) is 3.60. The molecule has 0 bridgehead atoms. The number of hydrogen-bond acceptors (Lipinski definition) is 6. The Morgan fingerprint density at radius 2 is 2.20 bits per heavy atom. The van der Waals surface area contributed by atoms with E-state index in [-0.39, 0.29) is 11.9 Å². The lowest BCUT2D eigenvalue weighted by Gasteiger charge is -2.37. The van der Waals surface area contributed by atoms with E-state index >= 15 is 0 Å². The third-order valence-electron chi connectivity index (χ3n) is 3.43. The minimum atomic E-state index is 0.0558. The zero-order valence-corrected chi connectivity index (χ0v) is 11.6. The molecule has 2 aromatic rings. The van der Waals surface area contributed by atoms with Gasteiger partial charge < -0.3 is 10.0 Å². The van der Waals surface area contributed by atoms with E-state index in [4.69, 9.17) is 11.6 Å². The van der Waals surface area contributed by atoms with Gasteiger partial charge in [-0.2, -0.15) is 15.0 Å². The second kappa shape index (κ2) is 5.72. The molecule has 0 spiro atoms. The van der Waals surface area contributed by atoms with Crippen molar-refractivity contribution in [1.29, 1.82) is 0 Å². The van der Waals surface area contributed by atoms with Gasteiger partial charge in [-0.25, -0.2) is 4.98 Å². The van der Waals surface area contributed by atoms with Crippen molar-refractivity contribution in [1.82, 2.24) is 24.5 Å². The van der Waals surface area contributed by atoms with Gasteiger partial charge in [0.05, 0.1) is 6.61 Å². The molecule has 106 valence electrons. The van der Waals surface area contributed by atoms with Crippen LogP contribution in [0.3, 0.4) is 0 Å². The Kier molecular flexibility index (Phi) is 3.79. The molecule has 2 heterocycles. The molecule has 3 rings (SSSR count). The van der Waals surface area contributed by atoms with Crippen molar-refractivity contribution in [3.05, 3.63) is 24.0 Å². The average molecular weight is 295 g/mol. The van der Waals surface area contributed by atoms with Crippen LogP contribution in [-0.4, -0.2) is 48.8 Å². The highest BCUT2D eigenvalue weighted by Crippen LogP contribution is 2.28. The maximum absolute atomic E-state index is 9.23. The summed E-state index contributed by atoms with van der Waals surface area (Å²) in [4.78, 5) is 18.7. The van der Waals surface area contributed by atoms with Crippen LogP contribution in [0.5, 0.6) is 0 Å². The van der Waals surface area contributed by atoms with Crippen molar-refractivity contribution in [3.63, 3.8) is 0 Å². The summed E-state index contributed by atoms with van der Waals surface area (Å²) in [6.07, 6.45) is 8.37. The molecule has 7 nitrogen and oxygen atoms in total. The van der Waals surface area contributed by atoms with Crippen LogP contribution in [0, 0.1) is 0 Å². The lowest BCUT2D eigenvalue weighted by atomic mass is 9.92. The molecule has 20 heavy (non-hydrogen) atoms. The van der Waals surface area contributed by atoms with Crippen molar-refractivity contribution < 1.29 is 5.11 Å². The summed E-state index contributed by atoms with van der Waals surface area (Å²) in [6, 6.07) is 0.372. The lowest BCUT2D eigenvalue weighted by Crippen LogP contribution is -2.43. The topological polar surface area (TPSA) is 80.0 Å². The first kappa shape index (κ1) is 13.3. The van der Waals surface area contributed by atoms with E-state index in [0.717, 1.165) is 12.8 Å². The summed E-state index contributed by atoms with van der Waals surface area (Å²) in [5.74, 6) is 0.937. The molecule has 1 fully saturated rings. The fourth-order valence-electron chi connectivity index (χ4n) is 2.20. The predicted molar refractivity (Wildman–Crippen MR) is 74.0 cm³/mol. The van der Waals surface area contributed by atoms with Crippen molar-refractivity contribution in [2.45, 2.75) is 25.3 Å². The number of rotatable bonds is 5. The van der Waals surface area contributed by atoms with Gasteiger partial charge in [0.1, 0.15) is 6.33 Å². The van der Waals surface area contributed by atoms with Gasteiger partial charge in [0, 0.05) is 25.0 Å². The van der Waals surface area contributed by atoms with Crippen molar-refractivity contribution in [2.24, 2.45) is 0 Å². The standard InChI is InChI=1S/C12H15ClN6O/c13-10-15-11(18-5-4-14-8-18)17-12(16-10)19(6-7-20)9-2-1-3-9/h4-5,8-9,20H,1-3,6-7H2. The maximum atomic E-state index is 9.23. The molecule has 0 saturated heterocycles. The molecule has 0 amide bonds. The largest absolute Gasteiger partial charge is 0.395 e. The van der Waals surface area contributed by atoms with Crippen LogP contribution in [0.1, 0.15) is 19.3 Å². The van der Waals surface area contributed by atoms with Crippen molar-refractivity contribution in [2.75, 3.05) is 18.1 Å². The van der Waals surface area contributed by atoms with Crippen LogP contribution < -0.4 is 4.90 Å². The second-order valence-electron chi connectivity index (χ2n) is 4.68. The molecule has 2 aromatic heterocycles. The number of hydrogen-bond donors (Lipinski definition) is 1. The highest BCUT2D eigenvalue weighted by Gasteiger charge is 2.27. The monoisotopic (exact) mass is 294 g/mol. The summed E-state index contributed by atoms with van der Waals surface area (Å²) in [5.41, 5.74) is 0. The Labute approximate surface area is 121 Å². The molecule has 1 N–H and O–H groups in total. The molecule has 8 heteroatoms. The van der Waals surface area contributed by atoms with Gasteiger partial charge in [0.25, 0.3) is 0 Å². The van der Waals surface area contributed by atoms with Crippen LogP contribution >= 0.6 is 11.6 Å². The van der Waals surface area contributed by atoms with E-state index < -0.39 is 0 Å². The fraction of sp³-hybridized carbons (Fsp3) is 0.500. The number of aliphatic hydroxyl groups excluding tert-OH is 1. The number of anilines is 1. The first-order chi connectivity index (χ1) is 9.78.